The zero-order chi connectivity index (χ0) is 13.4. The maximum absolute atomic E-state index is 12.1. The van der Waals surface area contributed by atoms with Crippen molar-refractivity contribution in [3.63, 3.8) is 0 Å². The zero-order valence-corrected chi connectivity index (χ0v) is 11.1. The van der Waals surface area contributed by atoms with Crippen LogP contribution in [0.1, 0.15) is 30.6 Å². The summed E-state index contributed by atoms with van der Waals surface area (Å²) in [5.74, 6) is 0.715. The van der Waals surface area contributed by atoms with Gasteiger partial charge in [0, 0.05) is 18.7 Å². The Morgan fingerprint density at radius 2 is 1.94 bits per heavy atom. The lowest BCUT2D eigenvalue weighted by Gasteiger charge is -2.19. The quantitative estimate of drug-likeness (QED) is 0.805. The van der Waals surface area contributed by atoms with Gasteiger partial charge in [-0.3, -0.25) is 4.79 Å². The first-order valence-electron chi connectivity index (χ1n) is 6.35. The fraction of sp³-hybridized carbons (Fsp3) is 0.500. The van der Waals surface area contributed by atoms with Gasteiger partial charge in [0.25, 0.3) is 5.91 Å². The molecule has 0 heterocycles. The van der Waals surface area contributed by atoms with Crippen LogP contribution in [0.2, 0.25) is 0 Å². The van der Waals surface area contributed by atoms with Crippen LogP contribution in [0, 0.1) is 0 Å². The lowest BCUT2D eigenvalue weighted by atomic mass is 10.2. The molecule has 0 aliphatic heterocycles. The van der Waals surface area contributed by atoms with E-state index in [4.69, 9.17) is 9.84 Å². The first-order chi connectivity index (χ1) is 8.72. The minimum Gasteiger partial charge on any atom is -0.494 e. The fourth-order valence-corrected chi connectivity index (χ4v) is 1.62. The Labute approximate surface area is 108 Å². The second kappa shape index (κ2) is 7.71. The van der Waals surface area contributed by atoms with Crippen LogP contribution < -0.4 is 4.74 Å². The highest BCUT2D eigenvalue weighted by atomic mass is 16.5. The van der Waals surface area contributed by atoms with Crippen molar-refractivity contribution in [2.24, 2.45) is 0 Å². The predicted molar refractivity (Wildman–Crippen MR) is 70.9 cm³/mol. The number of carbonyl (C=O) groups is 1. The van der Waals surface area contributed by atoms with Gasteiger partial charge in [0.1, 0.15) is 5.75 Å². The molecule has 0 aliphatic rings. The Kier molecular flexibility index (Phi) is 6.22. The first kappa shape index (κ1) is 14.5. The topological polar surface area (TPSA) is 49.8 Å². The molecule has 0 saturated carbocycles. The summed E-state index contributed by atoms with van der Waals surface area (Å²) in [6.45, 7) is 5.56. The minimum atomic E-state index is -0.0615. The van der Waals surface area contributed by atoms with Gasteiger partial charge < -0.3 is 14.7 Å². The number of ether oxygens (including phenoxy) is 1. The Morgan fingerprint density at radius 3 is 2.44 bits per heavy atom. The summed E-state index contributed by atoms with van der Waals surface area (Å²) >= 11 is 0. The second-order valence-electron chi connectivity index (χ2n) is 3.98. The van der Waals surface area contributed by atoms with E-state index in [9.17, 15) is 4.79 Å². The molecule has 1 aromatic rings. The van der Waals surface area contributed by atoms with Gasteiger partial charge in [0.2, 0.25) is 0 Å². The first-order valence-corrected chi connectivity index (χ1v) is 6.35. The van der Waals surface area contributed by atoms with Gasteiger partial charge in [-0.05, 0) is 37.6 Å². The van der Waals surface area contributed by atoms with E-state index in [1.807, 2.05) is 13.8 Å². The van der Waals surface area contributed by atoms with Gasteiger partial charge in [-0.1, -0.05) is 6.92 Å². The fourth-order valence-electron chi connectivity index (χ4n) is 1.62. The molecular formula is C14H21NO3. The molecule has 0 aliphatic carbocycles. The molecule has 0 aromatic heterocycles. The van der Waals surface area contributed by atoms with Gasteiger partial charge in [0.15, 0.2) is 0 Å². The smallest absolute Gasteiger partial charge is 0.253 e. The third kappa shape index (κ3) is 4.04. The third-order valence-electron chi connectivity index (χ3n) is 2.61. The summed E-state index contributed by atoms with van der Waals surface area (Å²) in [5, 5.41) is 8.89. The molecule has 1 N–H and O–H groups in total. The van der Waals surface area contributed by atoms with Crippen LogP contribution in [-0.2, 0) is 0 Å². The molecule has 0 fully saturated rings. The van der Waals surface area contributed by atoms with Crippen molar-refractivity contribution in [1.29, 1.82) is 0 Å². The number of benzene rings is 1. The van der Waals surface area contributed by atoms with E-state index in [0.717, 1.165) is 12.2 Å². The number of aliphatic hydroxyl groups excluding tert-OH is 1. The summed E-state index contributed by atoms with van der Waals surface area (Å²) in [4.78, 5) is 13.7. The largest absolute Gasteiger partial charge is 0.494 e. The van der Waals surface area contributed by atoms with E-state index in [1.54, 1.807) is 29.2 Å². The van der Waals surface area contributed by atoms with E-state index in [-0.39, 0.29) is 12.5 Å². The molecule has 0 atom stereocenters. The van der Waals surface area contributed by atoms with Crippen LogP contribution in [0.3, 0.4) is 0 Å². The van der Waals surface area contributed by atoms with Crippen LogP contribution in [-0.4, -0.2) is 42.2 Å². The molecule has 0 saturated heterocycles. The highest BCUT2D eigenvalue weighted by Gasteiger charge is 2.13. The number of rotatable bonds is 7. The molecule has 1 amide bonds. The molecule has 1 aromatic carbocycles. The lowest BCUT2D eigenvalue weighted by Crippen LogP contribution is -2.33. The SMILES string of the molecule is CCCOc1ccc(C(=O)N(CC)CCO)cc1. The average molecular weight is 251 g/mol. The number of aliphatic hydroxyl groups is 1. The van der Waals surface area contributed by atoms with E-state index in [0.29, 0.717) is 25.3 Å². The van der Waals surface area contributed by atoms with Gasteiger partial charge in [-0.15, -0.1) is 0 Å². The van der Waals surface area contributed by atoms with E-state index >= 15 is 0 Å². The van der Waals surface area contributed by atoms with Gasteiger partial charge in [-0.25, -0.2) is 0 Å². The second-order valence-corrected chi connectivity index (χ2v) is 3.98. The van der Waals surface area contributed by atoms with Crippen molar-refractivity contribution in [2.45, 2.75) is 20.3 Å². The number of hydrogen-bond acceptors (Lipinski definition) is 3. The van der Waals surface area contributed by atoms with Crippen LogP contribution in [0.5, 0.6) is 5.75 Å². The third-order valence-corrected chi connectivity index (χ3v) is 2.61. The van der Waals surface area contributed by atoms with Crippen molar-refractivity contribution in [3.05, 3.63) is 29.8 Å². The van der Waals surface area contributed by atoms with Gasteiger partial charge >= 0.3 is 0 Å². The van der Waals surface area contributed by atoms with Crippen molar-refractivity contribution in [1.82, 2.24) is 4.90 Å². The number of carbonyl (C=O) groups excluding carboxylic acids is 1. The van der Waals surface area contributed by atoms with Crippen molar-refractivity contribution < 1.29 is 14.6 Å². The molecule has 18 heavy (non-hydrogen) atoms. The Morgan fingerprint density at radius 1 is 1.28 bits per heavy atom. The predicted octanol–water partition coefficient (Wildman–Crippen LogP) is 1.93. The Bertz CT molecular complexity index is 362. The number of amides is 1. The Balaban J connectivity index is 2.68. The number of likely N-dealkylation sites (N-methyl/N-ethyl adjacent to an activating group) is 1. The molecule has 4 heteroatoms. The van der Waals surface area contributed by atoms with Crippen molar-refractivity contribution in [2.75, 3.05) is 26.3 Å². The monoisotopic (exact) mass is 251 g/mol. The molecule has 0 radical (unpaired) electrons. The standard InChI is InChI=1S/C14H21NO3/c1-3-11-18-13-7-5-12(6-8-13)14(17)15(4-2)9-10-16/h5-8,16H,3-4,9-11H2,1-2H3. The normalized spacial score (nSPS) is 10.2. The summed E-state index contributed by atoms with van der Waals surface area (Å²) in [6, 6.07) is 7.12. The molecule has 4 nitrogen and oxygen atoms in total. The van der Waals surface area contributed by atoms with E-state index in [1.165, 1.54) is 0 Å². The van der Waals surface area contributed by atoms with Gasteiger partial charge in [0.05, 0.1) is 13.2 Å². The molecule has 1 rings (SSSR count). The average Bonchev–Trinajstić information content (AvgIpc) is 2.42. The molecule has 0 bridgehead atoms. The van der Waals surface area contributed by atoms with Gasteiger partial charge in [-0.2, -0.15) is 0 Å². The van der Waals surface area contributed by atoms with Crippen LogP contribution in [0.15, 0.2) is 24.3 Å². The van der Waals surface area contributed by atoms with Crippen molar-refractivity contribution in [3.8, 4) is 5.75 Å². The summed E-state index contributed by atoms with van der Waals surface area (Å²) in [7, 11) is 0. The summed E-state index contributed by atoms with van der Waals surface area (Å²) < 4.78 is 5.46. The number of hydrogen-bond donors (Lipinski definition) is 1. The van der Waals surface area contributed by atoms with Crippen LogP contribution in [0.4, 0.5) is 0 Å². The Hall–Kier alpha value is -1.55. The lowest BCUT2D eigenvalue weighted by molar-refractivity contribution is 0.0732. The van der Waals surface area contributed by atoms with Crippen molar-refractivity contribution >= 4 is 5.91 Å². The maximum Gasteiger partial charge on any atom is 0.253 e. The highest BCUT2D eigenvalue weighted by Crippen LogP contribution is 2.14. The zero-order valence-electron chi connectivity index (χ0n) is 11.1. The molecule has 0 spiro atoms. The minimum absolute atomic E-state index is 0.0166. The maximum atomic E-state index is 12.1. The molecule has 100 valence electrons. The van der Waals surface area contributed by atoms with E-state index < -0.39 is 0 Å². The van der Waals surface area contributed by atoms with Crippen LogP contribution >= 0.6 is 0 Å². The summed E-state index contributed by atoms with van der Waals surface area (Å²) in [5.41, 5.74) is 0.620. The number of nitrogens with zero attached hydrogens (tertiary/aromatic N) is 1. The van der Waals surface area contributed by atoms with Crippen LogP contribution in [0.25, 0.3) is 0 Å². The molecule has 0 unspecified atom stereocenters. The summed E-state index contributed by atoms with van der Waals surface area (Å²) in [6.07, 6.45) is 0.959. The highest BCUT2D eigenvalue weighted by molar-refractivity contribution is 5.94. The molecular weight excluding hydrogens is 230 g/mol. The van der Waals surface area contributed by atoms with E-state index in [2.05, 4.69) is 0 Å².